The topological polar surface area (TPSA) is 97.3 Å². The van der Waals surface area contributed by atoms with Crippen LogP contribution < -0.4 is 21.6 Å². The number of hydrazine groups is 2. The zero-order valence-electron chi connectivity index (χ0n) is 21.9. The lowest BCUT2D eigenvalue weighted by molar-refractivity contribution is 0.0595. The highest BCUT2D eigenvalue weighted by molar-refractivity contribution is 6.35. The number of nitriles is 1. The van der Waals surface area contributed by atoms with Gasteiger partial charge in [0, 0.05) is 42.7 Å². The Morgan fingerprint density at radius 2 is 2.23 bits per heavy atom. The minimum absolute atomic E-state index is 0.344. The molecule has 0 radical (unpaired) electrons. The molecule has 2 aromatic rings. The van der Waals surface area contributed by atoms with Gasteiger partial charge >= 0.3 is 0 Å². The highest BCUT2D eigenvalue weighted by Crippen LogP contribution is 2.35. The van der Waals surface area contributed by atoms with Crippen molar-refractivity contribution in [1.29, 1.82) is 5.26 Å². The van der Waals surface area contributed by atoms with E-state index in [1.807, 2.05) is 17.3 Å². The number of pyridine rings is 1. The summed E-state index contributed by atoms with van der Waals surface area (Å²) < 4.78 is 19.5. The summed E-state index contributed by atoms with van der Waals surface area (Å²) in [5, 5.41) is 20.1. The summed E-state index contributed by atoms with van der Waals surface area (Å²) >= 11 is 6.72. The number of halogens is 2. The Morgan fingerprint density at radius 3 is 2.95 bits per heavy atom. The summed E-state index contributed by atoms with van der Waals surface area (Å²) in [5.41, 5.74) is 10.4. The van der Waals surface area contributed by atoms with E-state index in [0.717, 1.165) is 43.4 Å². The largest absolute Gasteiger partial charge is 0.383 e. The molecule has 204 valence electrons. The van der Waals surface area contributed by atoms with Gasteiger partial charge in [-0.15, -0.1) is 5.53 Å². The molecule has 1 saturated carbocycles. The van der Waals surface area contributed by atoms with Crippen molar-refractivity contribution in [2.45, 2.75) is 44.7 Å². The van der Waals surface area contributed by atoms with Crippen molar-refractivity contribution in [2.75, 3.05) is 30.4 Å². The summed E-state index contributed by atoms with van der Waals surface area (Å²) in [6.45, 7) is 8.04. The molecule has 3 aliphatic rings. The smallest absolute Gasteiger partial charge is 0.118 e. The van der Waals surface area contributed by atoms with Crippen LogP contribution in [0.4, 0.5) is 15.8 Å². The average Bonchev–Trinajstić information content (AvgIpc) is 3.70. The standard InChI is InChI=1S/C29H33ClFN7O/c1-3-21(31)7-6-18(2)27(26-16-38(37-36-26)23-8-9-23)35-22-11-24-28(33-14-19-5-4-10-39-17-19)20(13-32)15-34-29(24)25(30)12-22/h3,6-7,11-12,15-16,19,23,27,35-37H,2,4-5,8-10,14,17H2,1H3,(H,33,34)/b7-6-,21-3+/t19?,27-/m0/s1. The number of allylic oxidation sites excluding steroid dienone is 3. The van der Waals surface area contributed by atoms with Gasteiger partial charge in [-0.3, -0.25) is 9.99 Å². The fourth-order valence-electron chi connectivity index (χ4n) is 4.79. The summed E-state index contributed by atoms with van der Waals surface area (Å²) in [7, 11) is 0. The second kappa shape index (κ2) is 12.1. The molecule has 1 unspecified atom stereocenters. The van der Waals surface area contributed by atoms with Crippen LogP contribution >= 0.6 is 11.6 Å². The van der Waals surface area contributed by atoms with E-state index in [1.165, 1.54) is 12.2 Å². The second-order valence-electron chi connectivity index (χ2n) is 10.1. The molecule has 8 nitrogen and oxygen atoms in total. The van der Waals surface area contributed by atoms with Gasteiger partial charge in [0.1, 0.15) is 11.9 Å². The third kappa shape index (κ3) is 6.36. The van der Waals surface area contributed by atoms with Gasteiger partial charge in [0.2, 0.25) is 0 Å². The van der Waals surface area contributed by atoms with Crippen molar-refractivity contribution in [3.8, 4) is 6.07 Å². The van der Waals surface area contributed by atoms with Gasteiger partial charge in [0.25, 0.3) is 0 Å². The number of ether oxygens (including phenoxy) is 1. The molecule has 2 atom stereocenters. The molecule has 0 bridgehead atoms. The molecule has 1 saturated heterocycles. The number of nitrogens with zero attached hydrogens (tertiary/aromatic N) is 3. The van der Waals surface area contributed by atoms with Crippen LogP contribution in [0.1, 0.15) is 38.2 Å². The first-order chi connectivity index (χ1) is 19.0. The Balaban J connectivity index is 1.47. The molecule has 1 aliphatic carbocycles. The third-order valence-corrected chi connectivity index (χ3v) is 7.43. The maximum absolute atomic E-state index is 13.9. The van der Waals surface area contributed by atoms with Crippen LogP contribution in [0, 0.1) is 17.2 Å². The average molecular weight is 550 g/mol. The fourth-order valence-corrected chi connectivity index (χ4v) is 5.06. The Kier molecular flexibility index (Phi) is 8.36. The van der Waals surface area contributed by atoms with E-state index in [1.54, 1.807) is 25.3 Å². The van der Waals surface area contributed by atoms with E-state index >= 15 is 0 Å². The molecule has 1 aromatic heterocycles. The van der Waals surface area contributed by atoms with Gasteiger partial charge in [-0.1, -0.05) is 30.3 Å². The third-order valence-electron chi connectivity index (χ3n) is 7.14. The highest BCUT2D eigenvalue weighted by Gasteiger charge is 2.32. The molecule has 39 heavy (non-hydrogen) atoms. The lowest BCUT2D eigenvalue weighted by Gasteiger charge is -2.24. The monoisotopic (exact) mass is 549 g/mol. The van der Waals surface area contributed by atoms with Gasteiger partial charge in [0.15, 0.2) is 0 Å². The fraction of sp³-hybridized carbons (Fsp3) is 0.379. The van der Waals surface area contributed by atoms with Crippen LogP contribution in [0.5, 0.6) is 0 Å². The van der Waals surface area contributed by atoms with Crippen molar-refractivity contribution < 1.29 is 9.13 Å². The van der Waals surface area contributed by atoms with E-state index in [9.17, 15) is 9.65 Å². The van der Waals surface area contributed by atoms with Gasteiger partial charge in [0.05, 0.1) is 40.1 Å². The second-order valence-corrected chi connectivity index (χ2v) is 10.5. The van der Waals surface area contributed by atoms with Crippen molar-refractivity contribution >= 4 is 33.9 Å². The van der Waals surface area contributed by atoms with Crippen molar-refractivity contribution in [1.82, 2.24) is 21.0 Å². The molecule has 2 aliphatic heterocycles. The Morgan fingerprint density at radius 1 is 1.38 bits per heavy atom. The van der Waals surface area contributed by atoms with Gasteiger partial charge in [-0.05, 0) is 62.3 Å². The Bertz CT molecular complexity index is 1370. The van der Waals surface area contributed by atoms with Gasteiger partial charge < -0.3 is 20.8 Å². The lowest BCUT2D eigenvalue weighted by atomic mass is 10.0. The SMILES string of the molecule is C=C(/C=C\C(F)=C/C)[C@H](Nc1cc(Cl)c2ncc(C#N)c(NCC3CCCOC3)c2c1)C1=CN(C2CC2)NN1. The normalized spacial score (nSPS) is 20.5. The van der Waals surface area contributed by atoms with Crippen LogP contribution in [-0.2, 0) is 4.74 Å². The molecule has 10 heteroatoms. The first-order valence-corrected chi connectivity index (χ1v) is 13.7. The first-order valence-electron chi connectivity index (χ1n) is 13.3. The van der Waals surface area contributed by atoms with Crippen molar-refractivity contribution in [3.63, 3.8) is 0 Å². The molecule has 1 aromatic carbocycles. The minimum atomic E-state index is -0.404. The number of benzene rings is 1. The lowest BCUT2D eigenvalue weighted by Crippen LogP contribution is -2.40. The highest BCUT2D eigenvalue weighted by atomic mass is 35.5. The Hall–Kier alpha value is -3.58. The van der Waals surface area contributed by atoms with Crippen LogP contribution in [-0.4, -0.2) is 41.8 Å². The zero-order chi connectivity index (χ0) is 27.4. The predicted octanol–water partition coefficient (Wildman–Crippen LogP) is 5.69. The first kappa shape index (κ1) is 27.0. The van der Waals surface area contributed by atoms with Crippen LogP contribution in [0.15, 0.2) is 66.4 Å². The summed E-state index contributed by atoms with van der Waals surface area (Å²) in [6, 6.07) is 6.05. The molecule has 2 fully saturated rings. The number of hydrogen-bond donors (Lipinski definition) is 4. The number of aromatic nitrogens is 1. The van der Waals surface area contributed by atoms with Crippen LogP contribution in [0.25, 0.3) is 10.9 Å². The predicted molar refractivity (Wildman–Crippen MR) is 153 cm³/mol. The summed E-state index contributed by atoms with van der Waals surface area (Å²) in [4.78, 5) is 4.47. The molecule has 4 N–H and O–H groups in total. The van der Waals surface area contributed by atoms with E-state index in [4.69, 9.17) is 16.3 Å². The quantitative estimate of drug-likeness (QED) is 0.281. The van der Waals surface area contributed by atoms with E-state index in [0.29, 0.717) is 58.2 Å². The summed E-state index contributed by atoms with van der Waals surface area (Å²) in [5.74, 6) is 0.0218. The maximum atomic E-state index is 13.9. The minimum Gasteiger partial charge on any atom is -0.383 e. The zero-order valence-corrected chi connectivity index (χ0v) is 22.7. The van der Waals surface area contributed by atoms with E-state index in [-0.39, 0.29) is 5.83 Å². The van der Waals surface area contributed by atoms with E-state index < -0.39 is 6.04 Å². The molecule has 0 spiro atoms. The molecular weight excluding hydrogens is 517 g/mol. The van der Waals surface area contributed by atoms with Crippen molar-refractivity contribution in [2.24, 2.45) is 5.92 Å². The molecular formula is C29H33ClFN7O. The number of anilines is 2. The molecule has 5 rings (SSSR count). The summed E-state index contributed by atoms with van der Waals surface area (Å²) in [6.07, 6.45) is 12.4. The number of nitrogens with one attached hydrogen (secondary N) is 4. The van der Waals surface area contributed by atoms with E-state index in [2.05, 4.69) is 39.2 Å². The van der Waals surface area contributed by atoms with Crippen molar-refractivity contribution in [3.05, 3.63) is 77.0 Å². The number of hydrogen-bond acceptors (Lipinski definition) is 8. The molecule has 3 heterocycles. The van der Waals surface area contributed by atoms with Crippen LogP contribution in [0.2, 0.25) is 5.02 Å². The van der Waals surface area contributed by atoms with Gasteiger partial charge in [-0.25, -0.2) is 4.39 Å². The number of rotatable bonds is 10. The number of fused-ring (bicyclic) bond motifs is 1. The van der Waals surface area contributed by atoms with Gasteiger partial charge in [-0.2, -0.15) is 5.26 Å². The maximum Gasteiger partial charge on any atom is 0.118 e. The molecule has 0 amide bonds. The Labute approximate surface area is 233 Å². The van der Waals surface area contributed by atoms with Crippen LogP contribution in [0.3, 0.4) is 0 Å².